The van der Waals surface area contributed by atoms with Gasteiger partial charge in [0.15, 0.2) is 5.78 Å². The van der Waals surface area contributed by atoms with Crippen LogP contribution >= 0.6 is 23.1 Å². The van der Waals surface area contributed by atoms with Crippen molar-refractivity contribution in [2.24, 2.45) is 18.9 Å². The van der Waals surface area contributed by atoms with Gasteiger partial charge in [0.05, 0.1) is 10.6 Å². The fraction of sp³-hybridized carbons (Fsp3) is 0.500. The zero-order chi connectivity index (χ0) is 23.9. The number of hydrogen-bond donors (Lipinski definition) is 1. The number of carbonyl (C=O) groups excluding carboxylic acids is 1. The number of carbonyl (C=O) groups is 1. The molecule has 0 radical (unpaired) electrons. The molecule has 0 fully saturated rings. The predicted molar refractivity (Wildman–Crippen MR) is 129 cm³/mol. The van der Waals surface area contributed by atoms with Crippen LogP contribution in [0.3, 0.4) is 0 Å². The summed E-state index contributed by atoms with van der Waals surface area (Å²) in [6, 6.07) is 2.12. The highest BCUT2D eigenvalue weighted by Crippen LogP contribution is 2.37. The first-order chi connectivity index (χ1) is 15.7. The van der Waals surface area contributed by atoms with E-state index in [0.29, 0.717) is 18.4 Å². The average molecular weight is 490 g/mol. The van der Waals surface area contributed by atoms with Gasteiger partial charge in [0, 0.05) is 18.5 Å². The van der Waals surface area contributed by atoms with Crippen molar-refractivity contribution >= 4 is 34.7 Å². The Labute approximate surface area is 199 Å². The number of fused-ring (bicyclic) bond motifs is 1. The molecule has 0 unspecified atom stereocenters. The van der Waals surface area contributed by atoms with Crippen molar-refractivity contribution in [1.29, 1.82) is 0 Å². The van der Waals surface area contributed by atoms with Gasteiger partial charge in [-0.2, -0.15) is 0 Å². The molecule has 0 bridgehead atoms. The number of aryl methyl sites for hydroxylation is 1. The number of hydrogen-bond acceptors (Lipinski definition) is 9. The smallest absolute Gasteiger partial charge is 0.332 e. The standard InChI is InChI=1S/C22H27N5O4S2/c1-11(2)9-27-18(23)17(20(29)26(4)22(27)30)14(28)10-32-21-25-24-19(31-21)16-8-13-7-12(3)5-6-15(13)33-16/h8,11-12H,5-7,9-10,23H2,1-4H3/t12-/m1/s1. The van der Waals surface area contributed by atoms with E-state index in [9.17, 15) is 14.4 Å². The van der Waals surface area contributed by atoms with Crippen LogP contribution in [0.25, 0.3) is 10.8 Å². The Hall–Kier alpha value is -2.66. The lowest BCUT2D eigenvalue weighted by Crippen LogP contribution is -2.43. The molecule has 3 heterocycles. The van der Waals surface area contributed by atoms with E-state index in [1.807, 2.05) is 13.8 Å². The van der Waals surface area contributed by atoms with Gasteiger partial charge in [-0.15, -0.1) is 21.5 Å². The second-order valence-electron chi connectivity index (χ2n) is 8.90. The summed E-state index contributed by atoms with van der Waals surface area (Å²) in [6.45, 7) is 6.41. The highest BCUT2D eigenvalue weighted by atomic mass is 32.2. The van der Waals surface area contributed by atoms with E-state index in [0.717, 1.165) is 34.0 Å². The lowest BCUT2D eigenvalue weighted by atomic mass is 9.90. The number of rotatable bonds is 7. The zero-order valence-corrected chi connectivity index (χ0v) is 20.7. The second-order valence-corrected chi connectivity index (χ2v) is 11.0. The van der Waals surface area contributed by atoms with E-state index in [-0.39, 0.29) is 28.3 Å². The number of thioether (sulfide) groups is 1. The van der Waals surface area contributed by atoms with Gasteiger partial charge in [-0.25, -0.2) is 4.79 Å². The number of nitrogen functional groups attached to an aromatic ring is 1. The lowest BCUT2D eigenvalue weighted by molar-refractivity contribution is 0.102. The van der Waals surface area contributed by atoms with Crippen LogP contribution in [0, 0.1) is 11.8 Å². The molecule has 176 valence electrons. The molecule has 0 saturated heterocycles. The molecule has 1 aliphatic rings. The summed E-state index contributed by atoms with van der Waals surface area (Å²) in [5, 5.41) is 8.42. The maximum atomic E-state index is 12.9. The van der Waals surface area contributed by atoms with Crippen molar-refractivity contribution in [2.75, 3.05) is 11.5 Å². The number of Topliss-reactive ketones (excluding diaryl/α,β-unsaturated/α-hetero) is 1. The van der Waals surface area contributed by atoms with E-state index < -0.39 is 17.0 Å². The second kappa shape index (κ2) is 9.30. The van der Waals surface area contributed by atoms with E-state index in [2.05, 4.69) is 23.2 Å². The quantitative estimate of drug-likeness (QED) is 0.396. The van der Waals surface area contributed by atoms with Gasteiger partial charge < -0.3 is 10.2 Å². The van der Waals surface area contributed by atoms with Crippen molar-refractivity contribution in [3.05, 3.63) is 42.9 Å². The normalized spacial score (nSPS) is 15.7. The minimum Gasteiger partial charge on any atom is -0.410 e. The maximum Gasteiger partial charge on any atom is 0.332 e. The first-order valence-corrected chi connectivity index (χ1v) is 12.7. The van der Waals surface area contributed by atoms with Crippen molar-refractivity contribution in [3.63, 3.8) is 0 Å². The number of thiophene rings is 1. The summed E-state index contributed by atoms with van der Waals surface area (Å²) >= 11 is 2.72. The summed E-state index contributed by atoms with van der Waals surface area (Å²) in [4.78, 5) is 40.2. The third kappa shape index (κ3) is 4.70. The molecule has 0 saturated carbocycles. The number of aromatic nitrogens is 4. The van der Waals surface area contributed by atoms with Crippen LogP contribution in [0.5, 0.6) is 0 Å². The third-order valence-corrected chi connectivity index (χ3v) is 7.73. The number of anilines is 1. The predicted octanol–water partition coefficient (Wildman–Crippen LogP) is 3.00. The monoisotopic (exact) mass is 489 g/mol. The van der Waals surface area contributed by atoms with Gasteiger partial charge in [0.1, 0.15) is 11.4 Å². The molecule has 4 rings (SSSR count). The number of nitrogens with two attached hydrogens (primary N) is 1. The van der Waals surface area contributed by atoms with Gasteiger partial charge in [0.25, 0.3) is 16.7 Å². The molecule has 0 aliphatic heterocycles. The van der Waals surface area contributed by atoms with Crippen molar-refractivity contribution in [1.82, 2.24) is 19.3 Å². The molecule has 3 aromatic heterocycles. The molecule has 1 aliphatic carbocycles. The zero-order valence-electron chi connectivity index (χ0n) is 19.1. The SMILES string of the molecule is CC(C)Cn1c(N)c(C(=O)CSc2nnc(-c3cc4c(s3)CC[C@@H](C)C4)o2)c(=O)n(C)c1=O. The van der Waals surface area contributed by atoms with Gasteiger partial charge >= 0.3 is 5.69 Å². The molecule has 33 heavy (non-hydrogen) atoms. The Morgan fingerprint density at radius 2 is 2.12 bits per heavy atom. The van der Waals surface area contributed by atoms with Crippen LogP contribution in [-0.2, 0) is 26.4 Å². The van der Waals surface area contributed by atoms with E-state index in [1.54, 1.807) is 11.3 Å². The molecular formula is C22H27N5O4S2. The van der Waals surface area contributed by atoms with Crippen LogP contribution in [0.4, 0.5) is 5.82 Å². The van der Waals surface area contributed by atoms with E-state index in [4.69, 9.17) is 10.2 Å². The largest absolute Gasteiger partial charge is 0.410 e. The van der Waals surface area contributed by atoms with Gasteiger partial charge in [-0.1, -0.05) is 32.5 Å². The summed E-state index contributed by atoms with van der Waals surface area (Å²) in [6.07, 6.45) is 3.32. The summed E-state index contributed by atoms with van der Waals surface area (Å²) < 4.78 is 7.96. The summed E-state index contributed by atoms with van der Waals surface area (Å²) in [5.74, 6) is 0.512. The Morgan fingerprint density at radius 1 is 1.36 bits per heavy atom. The molecular weight excluding hydrogens is 462 g/mol. The molecule has 9 nitrogen and oxygen atoms in total. The Morgan fingerprint density at radius 3 is 2.85 bits per heavy atom. The number of ketones is 1. The Bertz CT molecular complexity index is 1320. The third-order valence-electron chi connectivity index (χ3n) is 5.68. The first kappa shape index (κ1) is 23.5. The van der Waals surface area contributed by atoms with Crippen LogP contribution in [-0.4, -0.2) is 30.9 Å². The van der Waals surface area contributed by atoms with Gasteiger partial charge in [-0.3, -0.25) is 18.7 Å². The molecule has 0 amide bonds. The van der Waals surface area contributed by atoms with Gasteiger partial charge in [0.2, 0.25) is 0 Å². The Kier molecular flexibility index (Phi) is 6.62. The lowest BCUT2D eigenvalue weighted by Gasteiger charge is -2.16. The van der Waals surface area contributed by atoms with Crippen LogP contribution in [0.15, 0.2) is 25.3 Å². The molecule has 0 aromatic carbocycles. The van der Waals surface area contributed by atoms with Crippen molar-refractivity contribution < 1.29 is 9.21 Å². The van der Waals surface area contributed by atoms with Gasteiger partial charge in [-0.05, 0) is 42.7 Å². The van der Waals surface area contributed by atoms with Crippen LogP contribution in [0.2, 0.25) is 0 Å². The fourth-order valence-corrected chi connectivity index (χ4v) is 5.73. The molecule has 0 spiro atoms. The van der Waals surface area contributed by atoms with E-state index in [1.165, 1.54) is 28.5 Å². The summed E-state index contributed by atoms with van der Waals surface area (Å²) in [5.41, 5.74) is 6.00. The first-order valence-electron chi connectivity index (χ1n) is 10.9. The Balaban J connectivity index is 1.52. The maximum absolute atomic E-state index is 12.9. The molecule has 11 heteroatoms. The highest BCUT2D eigenvalue weighted by Gasteiger charge is 2.24. The molecule has 3 aromatic rings. The molecule has 2 N–H and O–H groups in total. The topological polar surface area (TPSA) is 126 Å². The van der Waals surface area contributed by atoms with Crippen LogP contribution in [0.1, 0.15) is 48.0 Å². The van der Waals surface area contributed by atoms with E-state index >= 15 is 0 Å². The fourth-order valence-electron chi connectivity index (χ4n) is 3.97. The van der Waals surface area contributed by atoms with Crippen molar-refractivity contribution in [3.8, 4) is 10.8 Å². The highest BCUT2D eigenvalue weighted by molar-refractivity contribution is 7.99. The summed E-state index contributed by atoms with van der Waals surface area (Å²) in [7, 11) is 1.34. The minimum absolute atomic E-state index is 0.105. The van der Waals surface area contributed by atoms with Crippen molar-refractivity contribution in [2.45, 2.75) is 51.8 Å². The minimum atomic E-state index is -0.701. The van der Waals surface area contributed by atoms with Crippen LogP contribution < -0.4 is 17.0 Å². The molecule has 1 atom stereocenters. The average Bonchev–Trinajstić information content (AvgIpc) is 3.40. The number of nitrogens with zero attached hydrogens (tertiary/aromatic N) is 4.